The number of rotatable bonds is 4. The molecule has 3 heterocycles. The van der Waals surface area contributed by atoms with Crippen LogP contribution >= 0.6 is 11.6 Å². The Morgan fingerprint density at radius 2 is 1.63 bits per heavy atom. The Kier molecular flexibility index (Phi) is 4.52. The standard InChI is InChI=1S/C22H16ClN3O4/c23-16-6-3-14(4-7-16)11-25-17-2-1-9-24-20(17)21(27)26(22(25)28)12-15-5-8-18-19(10-15)30-13-29-18/h1-10H,11-13H2. The van der Waals surface area contributed by atoms with Crippen LogP contribution in [-0.2, 0) is 13.1 Å². The molecular weight excluding hydrogens is 406 g/mol. The summed E-state index contributed by atoms with van der Waals surface area (Å²) in [6, 6.07) is 16.0. The van der Waals surface area contributed by atoms with E-state index in [1.165, 1.54) is 4.57 Å². The largest absolute Gasteiger partial charge is 0.454 e. The van der Waals surface area contributed by atoms with E-state index in [2.05, 4.69) is 4.98 Å². The third-order valence-electron chi connectivity index (χ3n) is 5.02. The van der Waals surface area contributed by atoms with Gasteiger partial charge in [-0.3, -0.25) is 13.9 Å². The van der Waals surface area contributed by atoms with Crippen LogP contribution in [0.5, 0.6) is 11.5 Å². The van der Waals surface area contributed by atoms with Crippen molar-refractivity contribution in [1.82, 2.24) is 14.1 Å². The molecule has 1 aliphatic rings. The number of pyridine rings is 1. The van der Waals surface area contributed by atoms with Gasteiger partial charge in [-0.15, -0.1) is 0 Å². The Morgan fingerprint density at radius 1 is 0.900 bits per heavy atom. The van der Waals surface area contributed by atoms with E-state index in [0.29, 0.717) is 28.6 Å². The fraction of sp³-hybridized carbons (Fsp3) is 0.136. The second-order valence-corrected chi connectivity index (χ2v) is 7.38. The number of benzene rings is 2. The molecule has 30 heavy (non-hydrogen) atoms. The second kappa shape index (κ2) is 7.35. The minimum absolute atomic E-state index is 0.0986. The maximum Gasteiger partial charge on any atom is 0.332 e. The van der Waals surface area contributed by atoms with Crippen molar-refractivity contribution in [3.8, 4) is 11.5 Å². The fourth-order valence-electron chi connectivity index (χ4n) is 3.53. The first-order valence-corrected chi connectivity index (χ1v) is 9.69. The van der Waals surface area contributed by atoms with Gasteiger partial charge in [0.1, 0.15) is 0 Å². The van der Waals surface area contributed by atoms with Crippen molar-refractivity contribution in [2.75, 3.05) is 6.79 Å². The minimum atomic E-state index is -0.430. The summed E-state index contributed by atoms with van der Waals surface area (Å²) in [5.41, 5.74) is 1.54. The molecule has 0 fully saturated rings. The summed E-state index contributed by atoms with van der Waals surface area (Å²) in [6.45, 7) is 0.549. The van der Waals surface area contributed by atoms with E-state index in [1.54, 1.807) is 47.2 Å². The second-order valence-electron chi connectivity index (χ2n) is 6.95. The molecule has 0 N–H and O–H groups in total. The van der Waals surface area contributed by atoms with Gasteiger partial charge in [0.05, 0.1) is 18.6 Å². The molecule has 5 rings (SSSR count). The number of hydrogen-bond acceptors (Lipinski definition) is 5. The summed E-state index contributed by atoms with van der Waals surface area (Å²) < 4.78 is 13.5. The van der Waals surface area contributed by atoms with Gasteiger partial charge in [0.15, 0.2) is 17.0 Å². The van der Waals surface area contributed by atoms with E-state index in [-0.39, 0.29) is 18.9 Å². The first kappa shape index (κ1) is 18.4. The molecule has 0 aliphatic carbocycles. The quantitative estimate of drug-likeness (QED) is 0.506. The molecular formula is C22H16ClN3O4. The van der Waals surface area contributed by atoms with E-state index in [9.17, 15) is 9.59 Å². The van der Waals surface area contributed by atoms with Crippen molar-refractivity contribution in [1.29, 1.82) is 0 Å². The monoisotopic (exact) mass is 421 g/mol. The smallest absolute Gasteiger partial charge is 0.332 e. The lowest BCUT2D eigenvalue weighted by molar-refractivity contribution is 0.174. The van der Waals surface area contributed by atoms with Crippen LogP contribution in [0.1, 0.15) is 11.1 Å². The molecule has 7 nitrogen and oxygen atoms in total. The Balaban J connectivity index is 1.64. The summed E-state index contributed by atoms with van der Waals surface area (Å²) in [5, 5.41) is 0.616. The van der Waals surface area contributed by atoms with Crippen LogP contribution in [0.3, 0.4) is 0 Å². The van der Waals surface area contributed by atoms with Crippen LogP contribution in [0.2, 0.25) is 5.02 Å². The van der Waals surface area contributed by atoms with Gasteiger partial charge in [-0.05, 0) is 47.5 Å². The van der Waals surface area contributed by atoms with Crippen LogP contribution in [0.4, 0.5) is 0 Å². The lowest BCUT2D eigenvalue weighted by atomic mass is 10.2. The number of nitrogens with zero attached hydrogens (tertiary/aromatic N) is 3. The third-order valence-corrected chi connectivity index (χ3v) is 5.27. The van der Waals surface area contributed by atoms with Crippen LogP contribution < -0.4 is 20.7 Å². The van der Waals surface area contributed by atoms with Crippen molar-refractivity contribution < 1.29 is 9.47 Å². The fourth-order valence-corrected chi connectivity index (χ4v) is 3.66. The Hall–Kier alpha value is -3.58. The number of ether oxygens (including phenoxy) is 2. The molecule has 0 atom stereocenters. The van der Waals surface area contributed by atoms with Crippen molar-refractivity contribution in [3.63, 3.8) is 0 Å². The first-order chi connectivity index (χ1) is 14.6. The van der Waals surface area contributed by atoms with Gasteiger partial charge in [0.2, 0.25) is 6.79 Å². The van der Waals surface area contributed by atoms with Gasteiger partial charge >= 0.3 is 5.69 Å². The van der Waals surface area contributed by atoms with Crippen LogP contribution in [0, 0.1) is 0 Å². The Morgan fingerprint density at radius 3 is 2.47 bits per heavy atom. The molecule has 0 saturated carbocycles. The van der Waals surface area contributed by atoms with Gasteiger partial charge in [-0.2, -0.15) is 0 Å². The minimum Gasteiger partial charge on any atom is -0.454 e. The molecule has 4 aromatic rings. The van der Waals surface area contributed by atoms with Crippen molar-refractivity contribution in [2.45, 2.75) is 13.1 Å². The highest BCUT2D eigenvalue weighted by molar-refractivity contribution is 6.30. The highest BCUT2D eigenvalue weighted by Gasteiger charge is 2.17. The summed E-state index contributed by atoms with van der Waals surface area (Å²) in [4.78, 5) is 30.6. The lowest BCUT2D eigenvalue weighted by Crippen LogP contribution is -2.40. The SMILES string of the molecule is O=c1c2ncccc2n(Cc2ccc(Cl)cc2)c(=O)n1Cc1ccc2c(c1)OCO2. The van der Waals surface area contributed by atoms with Gasteiger partial charge in [0, 0.05) is 11.2 Å². The average Bonchev–Trinajstić information content (AvgIpc) is 3.23. The van der Waals surface area contributed by atoms with Crippen LogP contribution in [0.15, 0.2) is 70.4 Å². The molecule has 0 radical (unpaired) electrons. The molecule has 150 valence electrons. The molecule has 0 unspecified atom stereocenters. The van der Waals surface area contributed by atoms with E-state index in [4.69, 9.17) is 21.1 Å². The molecule has 0 amide bonds. The van der Waals surface area contributed by atoms with Crippen molar-refractivity contribution in [2.24, 2.45) is 0 Å². The number of aromatic nitrogens is 3. The molecule has 8 heteroatoms. The zero-order valence-electron chi connectivity index (χ0n) is 15.7. The predicted molar refractivity (Wildman–Crippen MR) is 112 cm³/mol. The molecule has 0 bridgehead atoms. The summed E-state index contributed by atoms with van der Waals surface area (Å²) in [7, 11) is 0. The highest BCUT2D eigenvalue weighted by atomic mass is 35.5. The van der Waals surface area contributed by atoms with Crippen LogP contribution in [0.25, 0.3) is 11.0 Å². The Bertz CT molecular complexity index is 1380. The summed E-state index contributed by atoms with van der Waals surface area (Å²) >= 11 is 5.97. The van der Waals surface area contributed by atoms with Gasteiger partial charge in [0.25, 0.3) is 5.56 Å². The number of hydrogen-bond donors (Lipinski definition) is 0. The lowest BCUT2D eigenvalue weighted by Gasteiger charge is -2.14. The molecule has 2 aromatic carbocycles. The maximum absolute atomic E-state index is 13.3. The maximum atomic E-state index is 13.3. The molecule has 1 aliphatic heterocycles. The van der Waals surface area contributed by atoms with Crippen LogP contribution in [-0.4, -0.2) is 20.9 Å². The normalized spacial score (nSPS) is 12.4. The average molecular weight is 422 g/mol. The summed E-state index contributed by atoms with van der Waals surface area (Å²) in [6.07, 6.45) is 1.55. The predicted octanol–water partition coefficient (Wildman–Crippen LogP) is 3.04. The van der Waals surface area contributed by atoms with Crippen molar-refractivity contribution in [3.05, 3.63) is 97.8 Å². The third kappa shape index (κ3) is 3.23. The zero-order valence-corrected chi connectivity index (χ0v) is 16.5. The Labute approximate surface area is 175 Å². The van der Waals surface area contributed by atoms with E-state index in [0.717, 1.165) is 11.1 Å². The summed E-state index contributed by atoms with van der Waals surface area (Å²) in [5.74, 6) is 1.24. The van der Waals surface area contributed by atoms with E-state index in [1.807, 2.05) is 18.2 Å². The molecule has 2 aromatic heterocycles. The molecule has 0 spiro atoms. The number of halogens is 1. The number of fused-ring (bicyclic) bond motifs is 2. The molecule has 0 saturated heterocycles. The van der Waals surface area contributed by atoms with E-state index >= 15 is 0 Å². The van der Waals surface area contributed by atoms with E-state index < -0.39 is 11.2 Å². The highest BCUT2D eigenvalue weighted by Crippen LogP contribution is 2.32. The van der Waals surface area contributed by atoms with Gasteiger partial charge in [-0.1, -0.05) is 29.8 Å². The van der Waals surface area contributed by atoms with Crippen molar-refractivity contribution >= 4 is 22.6 Å². The van der Waals surface area contributed by atoms with Gasteiger partial charge < -0.3 is 9.47 Å². The topological polar surface area (TPSA) is 75.4 Å². The first-order valence-electron chi connectivity index (χ1n) is 9.31. The van der Waals surface area contributed by atoms with Gasteiger partial charge in [-0.25, -0.2) is 9.78 Å². The zero-order chi connectivity index (χ0) is 20.7.